The van der Waals surface area contributed by atoms with Gasteiger partial charge in [0.25, 0.3) is 10.0 Å². The normalized spacial score (nSPS) is 12.0. The molecule has 3 aromatic carbocycles. The molecule has 43 heavy (non-hydrogen) atoms. The van der Waals surface area contributed by atoms with Crippen LogP contribution in [0.2, 0.25) is 10.0 Å². The van der Waals surface area contributed by atoms with Gasteiger partial charge in [-0.2, -0.15) is 0 Å². The Hall–Kier alpha value is -3.47. The molecule has 0 aromatic heterocycles. The summed E-state index contributed by atoms with van der Waals surface area (Å²) in [6.45, 7) is 7.04. The molecule has 0 aliphatic carbocycles. The van der Waals surface area contributed by atoms with Crippen molar-refractivity contribution >= 4 is 50.7 Å². The summed E-state index contributed by atoms with van der Waals surface area (Å²) in [5.41, 5.74) is 1.61. The maximum Gasteiger partial charge on any atom is 0.264 e. The second kappa shape index (κ2) is 14.8. The minimum atomic E-state index is -4.31. The van der Waals surface area contributed by atoms with Crippen molar-refractivity contribution in [1.82, 2.24) is 10.2 Å². The largest absolute Gasteiger partial charge is 0.493 e. The number of nitrogens with zero attached hydrogens (tertiary/aromatic N) is 2. The molecule has 232 valence electrons. The molecule has 3 aromatic rings. The van der Waals surface area contributed by atoms with E-state index in [4.69, 9.17) is 32.7 Å². The lowest BCUT2D eigenvalue weighted by Gasteiger charge is -2.32. The molecule has 0 spiro atoms. The topological polar surface area (TPSA) is 105 Å². The fraction of sp³-hybridized carbons (Fsp3) is 0.355. The Morgan fingerprint density at radius 2 is 1.51 bits per heavy atom. The van der Waals surface area contributed by atoms with Gasteiger partial charge in [0.2, 0.25) is 11.8 Å². The fourth-order valence-electron chi connectivity index (χ4n) is 4.23. The Morgan fingerprint density at radius 3 is 2.07 bits per heavy atom. The van der Waals surface area contributed by atoms with Gasteiger partial charge in [-0.1, -0.05) is 60.8 Å². The van der Waals surface area contributed by atoms with Crippen molar-refractivity contribution in [2.45, 2.75) is 45.2 Å². The molecular weight excluding hydrogens is 613 g/mol. The number of halogens is 2. The van der Waals surface area contributed by atoms with Crippen LogP contribution in [0.4, 0.5) is 5.69 Å². The highest BCUT2D eigenvalue weighted by Crippen LogP contribution is 2.33. The number of hydrogen-bond donors (Lipinski definition) is 1. The van der Waals surface area contributed by atoms with Crippen molar-refractivity contribution < 1.29 is 27.5 Å². The van der Waals surface area contributed by atoms with Crippen LogP contribution >= 0.6 is 23.2 Å². The molecule has 0 bridgehead atoms. The van der Waals surface area contributed by atoms with Gasteiger partial charge in [0.1, 0.15) is 12.6 Å². The molecule has 1 atom stereocenters. The number of sulfonamides is 1. The van der Waals surface area contributed by atoms with Gasteiger partial charge in [-0.05, 0) is 56.2 Å². The van der Waals surface area contributed by atoms with Gasteiger partial charge in [0.15, 0.2) is 11.5 Å². The van der Waals surface area contributed by atoms with Gasteiger partial charge < -0.3 is 19.7 Å². The maximum atomic E-state index is 14.1. The number of rotatable bonds is 13. The average molecular weight is 651 g/mol. The Bertz CT molecular complexity index is 1530. The summed E-state index contributed by atoms with van der Waals surface area (Å²) in [7, 11) is -1.46. The van der Waals surface area contributed by atoms with Crippen molar-refractivity contribution in [3.63, 3.8) is 0 Å². The zero-order valence-electron chi connectivity index (χ0n) is 25.1. The summed E-state index contributed by atoms with van der Waals surface area (Å²) in [4.78, 5) is 28.5. The lowest BCUT2D eigenvalue weighted by molar-refractivity contribution is -0.139. The monoisotopic (exact) mass is 649 g/mol. The SMILES string of the molecule is COc1ccc(S(=O)(=O)N(CC(=O)N(Cc2c(Cl)cccc2Cl)[C@H](C)C(=O)NCC(C)C)c2ccc(C)cc2)cc1OC. The molecular formula is C31H37Cl2N3O6S. The summed E-state index contributed by atoms with van der Waals surface area (Å²) < 4.78 is 39.9. The molecule has 0 heterocycles. The van der Waals surface area contributed by atoms with E-state index >= 15 is 0 Å². The summed E-state index contributed by atoms with van der Waals surface area (Å²) in [5.74, 6) is -0.280. The maximum absolute atomic E-state index is 14.1. The Morgan fingerprint density at radius 1 is 0.907 bits per heavy atom. The molecule has 0 saturated carbocycles. The van der Waals surface area contributed by atoms with E-state index in [0.29, 0.717) is 27.9 Å². The second-order valence-electron chi connectivity index (χ2n) is 10.4. The first-order valence-electron chi connectivity index (χ1n) is 13.6. The van der Waals surface area contributed by atoms with E-state index in [1.165, 1.54) is 37.3 Å². The minimum Gasteiger partial charge on any atom is -0.493 e. The molecule has 0 unspecified atom stereocenters. The van der Waals surface area contributed by atoms with Crippen LogP contribution in [0.5, 0.6) is 11.5 Å². The number of benzene rings is 3. The first kappa shape index (κ1) is 34.0. The van der Waals surface area contributed by atoms with Crippen molar-refractivity contribution in [3.8, 4) is 11.5 Å². The zero-order valence-corrected chi connectivity index (χ0v) is 27.4. The minimum absolute atomic E-state index is 0.109. The molecule has 3 rings (SSSR count). The first-order chi connectivity index (χ1) is 20.3. The van der Waals surface area contributed by atoms with Gasteiger partial charge >= 0.3 is 0 Å². The van der Waals surface area contributed by atoms with Gasteiger partial charge in [-0.15, -0.1) is 0 Å². The lowest BCUT2D eigenvalue weighted by atomic mass is 10.1. The summed E-state index contributed by atoms with van der Waals surface area (Å²) in [6.07, 6.45) is 0. The Balaban J connectivity index is 2.09. The molecule has 0 aliphatic rings. The first-order valence-corrected chi connectivity index (χ1v) is 15.8. The highest BCUT2D eigenvalue weighted by atomic mass is 35.5. The number of methoxy groups -OCH3 is 2. The van der Waals surface area contributed by atoms with Crippen LogP contribution < -0.4 is 19.1 Å². The predicted molar refractivity (Wildman–Crippen MR) is 170 cm³/mol. The molecule has 2 amide bonds. The molecule has 0 radical (unpaired) electrons. The van der Waals surface area contributed by atoms with E-state index in [1.54, 1.807) is 49.4 Å². The van der Waals surface area contributed by atoms with Crippen LogP contribution in [0.1, 0.15) is 31.9 Å². The van der Waals surface area contributed by atoms with Gasteiger partial charge in [0, 0.05) is 34.8 Å². The second-order valence-corrected chi connectivity index (χ2v) is 13.1. The molecule has 1 N–H and O–H groups in total. The van der Waals surface area contributed by atoms with Crippen LogP contribution in [-0.4, -0.2) is 58.5 Å². The van der Waals surface area contributed by atoms with Crippen LogP contribution in [0.3, 0.4) is 0 Å². The van der Waals surface area contributed by atoms with Crippen LogP contribution in [0.15, 0.2) is 65.6 Å². The highest BCUT2D eigenvalue weighted by Gasteiger charge is 2.33. The number of ether oxygens (including phenoxy) is 2. The Labute approximate surface area is 263 Å². The number of aryl methyl sites for hydroxylation is 1. The van der Waals surface area contributed by atoms with Crippen molar-refractivity contribution in [2.75, 3.05) is 31.6 Å². The summed E-state index contributed by atoms with van der Waals surface area (Å²) in [6, 6.07) is 14.9. The third kappa shape index (κ3) is 8.34. The van der Waals surface area contributed by atoms with E-state index in [1.807, 2.05) is 20.8 Å². The molecule has 0 aliphatic heterocycles. The quantitative estimate of drug-likeness (QED) is 0.255. The number of carbonyl (C=O) groups is 2. The van der Waals surface area contributed by atoms with Gasteiger partial charge in [0.05, 0.1) is 24.8 Å². The number of anilines is 1. The van der Waals surface area contributed by atoms with Crippen molar-refractivity contribution in [3.05, 3.63) is 81.8 Å². The molecule has 12 heteroatoms. The van der Waals surface area contributed by atoms with E-state index in [-0.39, 0.29) is 28.8 Å². The predicted octanol–water partition coefficient (Wildman–Crippen LogP) is 5.70. The standard InChI is InChI=1S/C31H37Cl2N3O6S/c1-20(2)17-34-31(38)22(4)35(18-25-26(32)8-7-9-27(25)33)30(37)19-36(23-12-10-21(3)11-13-23)43(39,40)24-14-15-28(41-5)29(16-24)42-6/h7-16,20,22H,17-19H2,1-6H3,(H,34,38)/t22-/m1/s1. The number of hydrogen-bond acceptors (Lipinski definition) is 6. The lowest BCUT2D eigenvalue weighted by Crippen LogP contribution is -2.51. The van der Waals surface area contributed by atoms with Crippen LogP contribution in [-0.2, 0) is 26.2 Å². The van der Waals surface area contributed by atoms with E-state index in [9.17, 15) is 18.0 Å². The molecule has 0 saturated heterocycles. The third-order valence-electron chi connectivity index (χ3n) is 6.79. The number of amides is 2. The smallest absolute Gasteiger partial charge is 0.264 e. The van der Waals surface area contributed by atoms with Crippen LogP contribution in [0, 0.1) is 12.8 Å². The number of nitrogens with one attached hydrogen (secondary N) is 1. The summed E-state index contributed by atoms with van der Waals surface area (Å²) in [5, 5.41) is 3.47. The summed E-state index contributed by atoms with van der Waals surface area (Å²) >= 11 is 12.9. The Kier molecular flexibility index (Phi) is 11.7. The van der Waals surface area contributed by atoms with Crippen molar-refractivity contribution in [2.24, 2.45) is 5.92 Å². The number of carbonyl (C=O) groups excluding carboxylic acids is 2. The highest BCUT2D eigenvalue weighted by molar-refractivity contribution is 7.92. The molecule has 9 nitrogen and oxygen atoms in total. The average Bonchev–Trinajstić information content (AvgIpc) is 2.98. The van der Waals surface area contributed by atoms with E-state index < -0.39 is 34.4 Å². The van der Waals surface area contributed by atoms with E-state index in [0.717, 1.165) is 9.87 Å². The molecule has 0 fully saturated rings. The fourth-order valence-corrected chi connectivity index (χ4v) is 6.18. The van der Waals surface area contributed by atoms with E-state index in [2.05, 4.69) is 5.32 Å². The van der Waals surface area contributed by atoms with Crippen molar-refractivity contribution in [1.29, 1.82) is 0 Å². The van der Waals surface area contributed by atoms with Gasteiger partial charge in [-0.25, -0.2) is 8.42 Å². The zero-order chi connectivity index (χ0) is 31.9. The third-order valence-corrected chi connectivity index (χ3v) is 9.26. The van der Waals surface area contributed by atoms with Gasteiger partial charge in [-0.3, -0.25) is 13.9 Å². The van der Waals surface area contributed by atoms with Crippen LogP contribution in [0.25, 0.3) is 0 Å².